The molecule has 4 nitrogen and oxygen atoms in total. The van der Waals surface area contributed by atoms with E-state index in [4.69, 9.17) is 4.74 Å². The van der Waals surface area contributed by atoms with Crippen molar-refractivity contribution in [2.75, 3.05) is 18.5 Å². The summed E-state index contributed by atoms with van der Waals surface area (Å²) in [6.07, 6.45) is 11.3. The van der Waals surface area contributed by atoms with Gasteiger partial charge in [-0.2, -0.15) is 0 Å². The summed E-state index contributed by atoms with van der Waals surface area (Å²) in [6.45, 7) is 9.58. The molecule has 3 rings (SSSR count). The number of ether oxygens (including phenoxy) is 1. The van der Waals surface area contributed by atoms with Crippen molar-refractivity contribution in [2.45, 2.75) is 52.1 Å². The van der Waals surface area contributed by atoms with Crippen LogP contribution in [0, 0.1) is 5.92 Å². The molecule has 1 aliphatic rings. The van der Waals surface area contributed by atoms with Gasteiger partial charge in [0, 0.05) is 18.3 Å². The summed E-state index contributed by atoms with van der Waals surface area (Å²) in [6, 6.07) is 10.6. The van der Waals surface area contributed by atoms with Gasteiger partial charge in [-0.15, -0.1) is 0 Å². The van der Waals surface area contributed by atoms with Crippen LogP contribution in [0.2, 0.25) is 0 Å². The minimum Gasteiger partial charge on any atom is -0.378 e. The van der Waals surface area contributed by atoms with Crippen molar-refractivity contribution in [3.8, 4) is 0 Å². The minimum atomic E-state index is 0.419. The molecule has 0 aliphatic heterocycles. The second-order valence-electron chi connectivity index (χ2n) is 6.66. The predicted molar refractivity (Wildman–Crippen MR) is 114 cm³/mol. The van der Waals surface area contributed by atoms with Crippen LogP contribution in [0.5, 0.6) is 0 Å². The Kier molecular flexibility index (Phi) is 9.56. The zero-order chi connectivity index (χ0) is 19.3. The molecule has 1 saturated carbocycles. The van der Waals surface area contributed by atoms with E-state index < -0.39 is 0 Å². The Hall–Kier alpha value is -2.20. The number of hydrogen-bond acceptors (Lipinski definition) is 4. The highest BCUT2D eigenvalue weighted by Crippen LogP contribution is 2.27. The van der Waals surface area contributed by atoms with Crippen LogP contribution in [0.3, 0.4) is 0 Å². The third-order valence-corrected chi connectivity index (χ3v) is 4.90. The van der Waals surface area contributed by atoms with Crippen LogP contribution in [-0.2, 0) is 11.2 Å². The molecule has 146 valence electrons. The van der Waals surface area contributed by atoms with Crippen molar-refractivity contribution in [2.24, 2.45) is 5.92 Å². The van der Waals surface area contributed by atoms with Gasteiger partial charge >= 0.3 is 0 Å². The van der Waals surface area contributed by atoms with Crippen molar-refractivity contribution >= 4 is 11.9 Å². The van der Waals surface area contributed by atoms with E-state index in [1.807, 2.05) is 13.8 Å². The quantitative estimate of drug-likeness (QED) is 0.681. The first-order chi connectivity index (χ1) is 13.3. The van der Waals surface area contributed by atoms with Crippen LogP contribution in [0.1, 0.15) is 50.7 Å². The number of hydrogen-bond donors (Lipinski definition) is 1. The topological polar surface area (TPSA) is 47.0 Å². The predicted octanol–water partition coefficient (Wildman–Crippen LogP) is 5.38. The van der Waals surface area contributed by atoms with E-state index in [1.54, 1.807) is 18.6 Å². The first-order valence-corrected chi connectivity index (χ1v) is 10.2. The maximum Gasteiger partial charge on any atom is 0.136 e. The fourth-order valence-electron chi connectivity index (χ4n) is 3.37. The van der Waals surface area contributed by atoms with Gasteiger partial charge in [0.15, 0.2) is 0 Å². The van der Waals surface area contributed by atoms with Gasteiger partial charge in [0.2, 0.25) is 0 Å². The molecule has 1 heterocycles. The molecule has 0 spiro atoms. The lowest BCUT2D eigenvalue weighted by molar-refractivity contribution is 0.0211. The van der Waals surface area contributed by atoms with E-state index in [-0.39, 0.29) is 0 Å². The number of anilines is 1. The van der Waals surface area contributed by atoms with Gasteiger partial charge in [-0.1, -0.05) is 56.8 Å². The Morgan fingerprint density at radius 2 is 1.89 bits per heavy atom. The van der Waals surface area contributed by atoms with Crippen LogP contribution >= 0.6 is 0 Å². The fraction of sp³-hybridized carbons (Fsp3) is 0.478. The van der Waals surface area contributed by atoms with Crippen LogP contribution in [0.25, 0.3) is 6.08 Å². The molecule has 0 saturated heterocycles. The van der Waals surface area contributed by atoms with Crippen LogP contribution in [0.15, 0.2) is 49.4 Å². The Balaban J connectivity index is 0.00000126. The zero-order valence-corrected chi connectivity index (χ0v) is 16.7. The Labute approximate surface area is 164 Å². The third-order valence-electron chi connectivity index (χ3n) is 4.90. The highest BCUT2D eigenvalue weighted by Gasteiger charge is 2.21. The van der Waals surface area contributed by atoms with Gasteiger partial charge in [0.05, 0.1) is 12.7 Å². The van der Waals surface area contributed by atoms with Gasteiger partial charge in [0.25, 0.3) is 0 Å². The highest BCUT2D eigenvalue weighted by molar-refractivity contribution is 5.60. The molecule has 1 N–H and O–H groups in total. The van der Waals surface area contributed by atoms with Crippen LogP contribution < -0.4 is 5.32 Å². The third kappa shape index (κ3) is 7.14. The molecule has 0 amide bonds. The largest absolute Gasteiger partial charge is 0.378 e. The summed E-state index contributed by atoms with van der Waals surface area (Å²) in [5, 5.41) is 3.45. The number of benzene rings is 1. The van der Waals surface area contributed by atoms with Gasteiger partial charge < -0.3 is 10.1 Å². The summed E-state index contributed by atoms with van der Waals surface area (Å²) in [7, 11) is 0. The van der Waals surface area contributed by atoms with Crippen molar-refractivity contribution in [1.82, 2.24) is 9.97 Å². The SMILES string of the molecule is C=Cc1cncnc1NCC1CCC(OCCc2ccccc2)CC1.CC. The maximum absolute atomic E-state index is 6.08. The average Bonchev–Trinajstić information content (AvgIpc) is 2.75. The zero-order valence-electron chi connectivity index (χ0n) is 16.7. The summed E-state index contributed by atoms with van der Waals surface area (Å²) in [5.41, 5.74) is 2.31. The van der Waals surface area contributed by atoms with Gasteiger partial charge in [-0.3, -0.25) is 0 Å². The van der Waals surface area contributed by atoms with Crippen molar-refractivity contribution in [3.05, 3.63) is 60.6 Å². The number of rotatable bonds is 8. The van der Waals surface area contributed by atoms with Crippen molar-refractivity contribution in [1.29, 1.82) is 0 Å². The Morgan fingerprint density at radius 3 is 2.59 bits per heavy atom. The Bertz CT molecular complexity index is 652. The first kappa shape index (κ1) is 21.1. The molecule has 1 fully saturated rings. The molecule has 1 aliphatic carbocycles. The molecule has 1 aromatic heterocycles. The standard InChI is InChI=1S/C21H27N3O.C2H6/c1-2-19-15-22-16-24-21(19)23-14-18-8-10-20(11-9-18)25-13-12-17-6-4-3-5-7-17;1-2/h2-7,15-16,18,20H,1,8-14H2,(H,22,23,24);1-2H3. The molecular weight excluding hydrogens is 334 g/mol. The van der Waals surface area contributed by atoms with Crippen molar-refractivity contribution < 1.29 is 4.74 Å². The van der Waals surface area contributed by atoms with Gasteiger partial charge in [0.1, 0.15) is 12.1 Å². The average molecular weight is 368 g/mol. The van der Waals surface area contributed by atoms with E-state index in [0.717, 1.165) is 43.8 Å². The first-order valence-electron chi connectivity index (χ1n) is 10.2. The lowest BCUT2D eigenvalue weighted by Crippen LogP contribution is -2.26. The van der Waals surface area contributed by atoms with E-state index in [1.165, 1.54) is 18.4 Å². The minimum absolute atomic E-state index is 0.419. The van der Waals surface area contributed by atoms with E-state index in [0.29, 0.717) is 12.0 Å². The van der Waals surface area contributed by atoms with E-state index in [9.17, 15) is 0 Å². The lowest BCUT2D eigenvalue weighted by atomic mass is 9.87. The molecule has 0 atom stereocenters. The molecule has 2 aromatic rings. The molecule has 4 heteroatoms. The number of nitrogens with one attached hydrogen (secondary N) is 1. The number of aromatic nitrogens is 2. The molecule has 27 heavy (non-hydrogen) atoms. The summed E-state index contributed by atoms with van der Waals surface area (Å²) in [4.78, 5) is 8.33. The summed E-state index contributed by atoms with van der Waals surface area (Å²) >= 11 is 0. The molecule has 0 unspecified atom stereocenters. The van der Waals surface area contributed by atoms with Crippen LogP contribution in [-0.4, -0.2) is 29.2 Å². The number of nitrogens with zero attached hydrogens (tertiary/aromatic N) is 2. The fourth-order valence-corrected chi connectivity index (χ4v) is 3.37. The second kappa shape index (κ2) is 12.2. The smallest absolute Gasteiger partial charge is 0.136 e. The molecule has 0 bridgehead atoms. The van der Waals surface area contributed by atoms with E-state index in [2.05, 4.69) is 52.2 Å². The maximum atomic E-state index is 6.08. The van der Waals surface area contributed by atoms with Gasteiger partial charge in [-0.05, 0) is 43.6 Å². The normalized spacial score (nSPS) is 18.9. The van der Waals surface area contributed by atoms with E-state index >= 15 is 0 Å². The monoisotopic (exact) mass is 367 g/mol. The molecule has 0 radical (unpaired) electrons. The molecule has 1 aromatic carbocycles. The second-order valence-corrected chi connectivity index (χ2v) is 6.66. The summed E-state index contributed by atoms with van der Waals surface area (Å²) < 4.78 is 6.08. The molecular formula is C23H33N3O. The summed E-state index contributed by atoms with van der Waals surface area (Å²) in [5.74, 6) is 1.56. The van der Waals surface area contributed by atoms with Crippen molar-refractivity contribution in [3.63, 3.8) is 0 Å². The lowest BCUT2D eigenvalue weighted by Gasteiger charge is -2.29. The Morgan fingerprint density at radius 1 is 1.15 bits per heavy atom. The van der Waals surface area contributed by atoms with Crippen LogP contribution in [0.4, 0.5) is 5.82 Å². The van der Waals surface area contributed by atoms with Gasteiger partial charge in [-0.25, -0.2) is 9.97 Å². The highest BCUT2D eigenvalue weighted by atomic mass is 16.5.